The summed E-state index contributed by atoms with van der Waals surface area (Å²) in [6.45, 7) is 7.17. The van der Waals surface area contributed by atoms with Crippen LogP contribution in [0.2, 0.25) is 0 Å². The second-order valence-corrected chi connectivity index (χ2v) is 2.66. The Balaban J connectivity index is 4.41. The van der Waals surface area contributed by atoms with Crippen molar-refractivity contribution >= 4 is 0 Å². The largest absolute Gasteiger partial charge is 0.387 e. The summed E-state index contributed by atoms with van der Waals surface area (Å²) in [5.41, 5.74) is 0.370. The van der Waals surface area contributed by atoms with Gasteiger partial charge in [0.2, 0.25) is 0 Å². The quantitative estimate of drug-likeness (QED) is 0.492. The first-order chi connectivity index (χ1) is 5.13. The van der Waals surface area contributed by atoms with Gasteiger partial charge in [-0.1, -0.05) is 26.5 Å². The summed E-state index contributed by atoms with van der Waals surface area (Å²) in [6, 6.07) is 1.92. The molecule has 0 heterocycles. The van der Waals surface area contributed by atoms with E-state index in [-0.39, 0.29) is 5.92 Å². The van der Waals surface area contributed by atoms with Gasteiger partial charge in [0.15, 0.2) is 0 Å². The van der Waals surface area contributed by atoms with Gasteiger partial charge in [0.1, 0.15) is 0 Å². The Bertz CT molecular complexity index is 198. The topological polar surface area (TPSA) is 44.0 Å². The zero-order valence-corrected chi connectivity index (χ0v) is 6.91. The van der Waals surface area contributed by atoms with Crippen molar-refractivity contribution in [1.29, 1.82) is 5.26 Å². The maximum atomic E-state index is 9.38. The Labute approximate surface area is 67.5 Å². The molecule has 0 amide bonds. The van der Waals surface area contributed by atoms with E-state index in [2.05, 4.69) is 6.58 Å². The summed E-state index contributed by atoms with van der Waals surface area (Å²) in [5.74, 6) is 0.0702. The van der Waals surface area contributed by atoms with Crippen molar-refractivity contribution < 1.29 is 5.11 Å². The third-order valence-corrected chi connectivity index (χ3v) is 1.38. The van der Waals surface area contributed by atoms with Crippen LogP contribution in [0.3, 0.4) is 0 Å². The smallest absolute Gasteiger partial charge is 0.0974 e. The van der Waals surface area contributed by atoms with Crippen LogP contribution < -0.4 is 0 Å². The summed E-state index contributed by atoms with van der Waals surface area (Å²) in [7, 11) is 0. The van der Waals surface area contributed by atoms with Crippen molar-refractivity contribution in [2.24, 2.45) is 5.92 Å². The Kier molecular flexibility index (Phi) is 4.24. The molecule has 0 saturated carbocycles. The van der Waals surface area contributed by atoms with Crippen LogP contribution in [0.5, 0.6) is 0 Å². The highest BCUT2D eigenvalue weighted by atomic mass is 16.3. The van der Waals surface area contributed by atoms with Crippen LogP contribution in [0, 0.1) is 17.2 Å². The molecule has 1 N–H and O–H groups in total. The van der Waals surface area contributed by atoms with Crippen molar-refractivity contribution in [3.05, 3.63) is 24.3 Å². The maximum absolute atomic E-state index is 9.38. The molecule has 60 valence electrons. The average molecular weight is 151 g/mol. The third-order valence-electron chi connectivity index (χ3n) is 1.38. The molecule has 0 radical (unpaired) electrons. The van der Waals surface area contributed by atoms with Crippen molar-refractivity contribution in [1.82, 2.24) is 0 Å². The standard InChI is InChI=1S/C9H13NO/c1-4-5-8(6-10)9(11)7(2)3/h4-5,7,9,11H,1H2,2-3H3/b8-5+. The van der Waals surface area contributed by atoms with Crippen LogP contribution in [0.15, 0.2) is 24.3 Å². The molecule has 1 unspecified atom stereocenters. The van der Waals surface area contributed by atoms with Gasteiger partial charge in [-0.3, -0.25) is 0 Å². The lowest BCUT2D eigenvalue weighted by atomic mass is 10.00. The molecule has 1 atom stereocenters. The van der Waals surface area contributed by atoms with E-state index in [0.717, 1.165) is 0 Å². The van der Waals surface area contributed by atoms with Gasteiger partial charge in [-0.05, 0) is 12.0 Å². The highest BCUT2D eigenvalue weighted by molar-refractivity contribution is 5.28. The van der Waals surface area contributed by atoms with Gasteiger partial charge in [0, 0.05) is 0 Å². The number of aliphatic hydroxyl groups excluding tert-OH is 1. The fourth-order valence-corrected chi connectivity index (χ4v) is 0.688. The highest BCUT2D eigenvalue weighted by Gasteiger charge is 2.13. The molecule has 0 aliphatic heterocycles. The molecule has 0 aliphatic rings. The average Bonchev–Trinajstić information content (AvgIpc) is 1.98. The highest BCUT2D eigenvalue weighted by Crippen LogP contribution is 2.10. The summed E-state index contributed by atoms with van der Waals surface area (Å²) < 4.78 is 0. The first-order valence-electron chi connectivity index (χ1n) is 3.54. The molecule has 0 fully saturated rings. The lowest BCUT2D eigenvalue weighted by Crippen LogP contribution is -2.16. The zero-order valence-electron chi connectivity index (χ0n) is 6.91. The number of aliphatic hydroxyl groups is 1. The van der Waals surface area contributed by atoms with Gasteiger partial charge in [-0.2, -0.15) is 5.26 Å². The van der Waals surface area contributed by atoms with Crippen LogP contribution >= 0.6 is 0 Å². The van der Waals surface area contributed by atoms with E-state index >= 15 is 0 Å². The van der Waals surface area contributed by atoms with E-state index in [1.165, 1.54) is 12.2 Å². The minimum Gasteiger partial charge on any atom is -0.387 e. The number of nitriles is 1. The molecular weight excluding hydrogens is 138 g/mol. The predicted molar refractivity (Wildman–Crippen MR) is 44.7 cm³/mol. The first kappa shape index (κ1) is 9.93. The number of allylic oxidation sites excluding steroid dienone is 2. The van der Waals surface area contributed by atoms with Gasteiger partial charge in [0.05, 0.1) is 17.7 Å². The van der Waals surface area contributed by atoms with Gasteiger partial charge >= 0.3 is 0 Å². The van der Waals surface area contributed by atoms with E-state index in [1.54, 1.807) is 0 Å². The fraction of sp³-hybridized carbons (Fsp3) is 0.444. The summed E-state index contributed by atoms with van der Waals surface area (Å²) in [4.78, 5) is 0. The molecule has 0 aromatic rings. The first-order valence-corrected chi connectivity index (χ1v) is 3.54. The van der Waals surface area contributed by atoms with Gasteiger partial charge < -0.3 is 5.11 Å². The van der Waals surface area contributed by atoms with Crippen LogP contribution in [-0.2, 0) is 0 Å². The second kappa shape index (κ2) is 4.70. The van der Waals surface area contributed by atoms with Crippen LogP contribution in [-0.4, -0.2) is 11.2 Å². The predicted octanol–water partition coefficient (Wildman–Crippen LogP) is 1.64. The van der Waals surface area contributed by atoms with Crippen LogP contribution in [0.1, 0.15) is 13.8 Å². The van der Waals surface area contributed by atoms with Crippen LogP contribution in [0.4, 0.5) is 0 Å². The minimum atomic E-state index is -0.669. The zero-order chi connectivity index (χ0) is 8.85. The SMILES string of the molecule is C=C/C=C(\C#N)C(O)C(C)C. The molecule has 0 aromatic heterocycles. The van der Waals surface area contributed by atoms with Gasteiger partial charge in [-0.25, -0.2) is 0 Å². The lowest BCUT2D eigenvalue weighted by molar-refractivity contribution is 0.164. The van der Waals surface area contributed by atoms with Crippen molar-refractivity contribution in [3.8, 4) is 6.07 Å². The molecular formula is C9H13NO. The molecule has 2 heteroatoms. The molecule has 2 nitrogen and oxygen atoms in total. The number of nitrogens with zero attached hydrogens (tertiary/aromatic N) is 1. The lowest BCUT2D eigenvalue weighted by Gasteiger charge is -2.11. The Morgan fingerprint density at radius 2 is 2.18 bits per heavy atom. The number of hydrogen-bond acceptors (Lipinski definition) is 2. The molecule has 0 aliphatic carbocycles. The van der Waals surface area contributed by atoms with Gasteiger partial charge in [0.25, 0.3) is 0 Å². The molecule has 0 bridgehead atoms. The Morgan fingerprint density at radius 3 is 2.45 bits per heavy atom. The normalized spacial score (nSPS) is 14.3. The fourth-order valence-electron chi connectivity index (χ4n) is 0.688. The third kappa shape index (κ3) is 3.01. The molecule has 0 aromatic carbocycles. The van der Waals surface area contributed by atoms with Gasteiger partial charge in [-0.15, -0.1) is 0 Å². The molecule has 11 heavy (non-hydrogen) atoms. The number of rotatable bonds is 3. The van der Waals surface area contributed by atoms with E-state index in [9.17, 15) is 5.11 Å². The van der Waals surface area contributed by atoms with E-state index in [0.29, 0.717) is 5.57 Å². The summed E-state index contributed by atoms with van der Waals surface area (Å²) in [5, 5.41) is 17.9. The van der Waals surface area contributed by atoms with Crippen molar-refractivity contribution in [2.75, 3.05) is 0 Å². The molecule has 0 rings (SSSR count). The molecule has 0 saturated heterocycles. The van der Waals surface area contributed by atoms with E-state index in [1.807, 2.05) is 19.9 Å². The Morgan fingerprint density at radius 1 is 1.64 bits per heavy atom. The second-order valence-electron chi connectivity index (χ2n) is 2.66. The maximum Gasteiger partial charge on any atom is 0.0974 e. The summed E-state index contributed by atoms with van der Waals surface area (Å²) >= 11 is 0. The Hall–Kier alpha value is -1.07. The molecule has 0 spiro atoms. The summed E-state index contributed by atoms with van der Waals surface area (Å²) in [6.07, 6.45) is 2.37. The van der Waals surface area contributed by atoms with E-state index < -0.39 is 6.10 Å². The number of hydrogen-bond donors (Lipinski definition) is 1. The monoisotopic (exact) mass is 151 g/mol. The van der Waals surface area contributed by atoms with Crippen LogP contribution in [0.25, 0.3) is 0 Å². The van der Waals surface area contributed by atoms with Crippen molar-refractivity contribution in [2.45, 2.75) is 20.0 Å². The minimum absolute atomic E-state index is 0.0702. The van der Waals surface area contributed by atoms with E-state index in [4.69, 9.17) is 5.26 Å². The van der Waals surface area contributed by atoms with Crippen molar-refractivity contribution in [3.63, 3.8) is 0 Å².